The average molecular weight is 326 g/mol. The topological polar surface area (TPSA) is 29.9 Å². The number of halogens is 2. The van der Waals surface area contributed by atoms with E-state index in [1.54, 1.807) is 10.7 Å². The second-order valence-corrected chi connectivity index (χ2v) is 5.69. The third-order valence-electron chi connectivity index (χ3n) is 2.82. The molecule has 5 heteroatoms. The maximum atomic E-state index is 13.6. The fraction of sp³-hybridized carbons (Fsp3) is 0.357. The van der Waals surface area contributed by atoms with Crippen molar-refractivity contribution in [3.63, 3.8) is 0 Å². The van der Waals surface area contributed by atoms with E-state index in [1.165, 1.54) is 6.07 Å². The first kappa shape index (κ1) is 14.2. The first-order valence-corrected chi connectivity index (χ1v) is 7.00. The van der Waals surface area contributed by atoms with E-state index in [0.717, 1.165) is 16.9 Å². The summed E-state index contributed by atoms with van der Waals surface area (Å²) >= 11 is 3.18. The molecule has 0 atom stereocenters. The molecule has 19 heavy (non-hydrogen) atoms. The van der Waals surface area contributed by atoms with Gasteiger partial charge in [0.05, 0.1) is 15.9 Å². The maximum Gasteiger partial charge on any atom is 0.139 e. The van der Waals surface area contributed by atoms with Gasteiger partial charge in [0.1, 0.15) is 5.82 Å². The van der Waals surface area contributed by atoms with Gasteiger partial charge in [0.15, 0.2) is 0 Å². The lowest BCUT2D eigenvalue weighted by Gasteiger charge is -2.08. The largest absolute Gasteiger partial charge is 0.309 e. The quantitative estimate of drug-likeness (QED) is 0.931. The Balaban J connectivity index is 2.25. The molecule has 0 bridgehead atoms. The van der Waals surface area contributed by atoms with Crippen molar-refractivity contribution >= 4 is 15.9 Å². The molecule has 0 spiro atoms. The molecule has 1 heterocycles. The monoisotopic (exact) mass is 325 g/mol. The predicted octanol–water partition coefficient (Wildman–Crippen LogP) is 3.58. The van der Waals surface area contributed by atoms with Crippen LogP contribution in [0.15, 0.2) is 28.9 Å². The highest BCUT2D eigenvalue weighted by atomic mass is 79.9. The van der Waals surface area contributed by atoms with Crippen molar-refractivity contribution in [1.29, 1.82) is 0 Å². The molecule has 1 N–H and O–H groups in total. The Labute approximate surface area is 121 Å². The Morgan fingerprint density at radius 1 is 1.42 bits per heavy atom. The normalized spacial score (nSPS) is 11.3. The average Bonchev–Trinajstić information content (AvgIpc) is 2.80. The summed E-state index contributed by atoms with van der Waals surface area (Å²) in [5, 5.41) is 7.76. The number of nitrogens with zero attached hydrogens (tertiary/aromatic N) is 2. The van der Waals surface area contributed by atoms with Gasteiger partial charge in [0.2, 0.25) is 0 Å². The Kier molecular flexibility index (Phi) is 4.37. The van der Waals surface area contributed by atoms with Gasteiger partial charge >= 0.3 is 0 Å². The summed E-state index contributed by atoms with van der Waals surface area (Å²) in [5.74, 6) is -0.280. The van der Waals surface area contributed by atoms with Gasteiger partial charge in [-0.1, -0.05) is 13.8 Å². The lowest BCUT2D eigenvalue weighted by molar-refractivity contribution is 0.577. The van der Waals surface area contributed by atoms with Crippen LogP contribution in [0.4, 0.5) is 4.39 Å². The zero-order chi connectivity index (χ0) is 14.0. The SMILES string of the molecule is Cc1cc(Br)c(F)cc1-n1ccc(CNC(C)C)n1. The van der Waals surface area contributed by atoms with E-state index in [2.05, 4.69) is 40.2 Å². The van der Waals surface area contributed by atoms with Gasteiger partial charge in [-0.15, -0.1) is 0 Å². The van der Waals surface area contributed by atoms with Crippen molar-refractivity contribution in [2.24, 2.45) is 0 Å². The maximum absolute atomic E-state index is 13.6. The summed E-state index contributed by atoms with van der Waals surface area (Å²) in [6.07, 6.45) is 1.85. The van der Waals surface area contributed by atoms with E-state index >= 15 is 0 Å². The van der Waals surface area contributed by atoms with Gasteiger partial charge < -0.3 is 5.32 Å². The lowest BCUT2D eigenvalue weighted by Crippen LogP contribution is -2.22. The molecule has 0 aliphatic carbocycles. The summed E-state index contributed by atoms with van der Waals surface area (Å²) in [5.41, 5.74) is 2.67. The molecule has 2 rings (SSSR count). The van der Waals surface area contributed by atoms with Gasteiger partial charge in [0.25, 0.3) is 0 Å². The highest BCUT2D eigenvalue weighted by Crippen LogP contribution is 2.22. The zero-order valence-corrected chi connectivity index (χ0v) is 12.8. The Bertz CT molecular complexity index is 578. The van der Waals surface area contributed by atoms with Crippen molar-refractivity contribution in [2.75, 3.05) is 0 Å². The molecule has 102 valence electrons. The first-order valence-electron chi connectivity index (χ1n) is 6.21. The Hall–Kier alpha value is -1.20. The number of nitrogens with one attached hydrogen (secondary N) is 1. The fourth-order valence-corrected chi connectivity index (χ4v) is 2.24. The minimum Gasteiger partial charge on any atom is -0.309 e. The molecule has 0 aliphatic rings. The Morgan fingerprint density at radius 2 is 2.16 bits per heavy atom. The van der Waals surface area contributed by atoms with Crippen LogP contribution in [-0.2, 0) is 6.54 Å². The van der Waals surface area contributed by atoms with Crippen LogP contribution in [0.3, 0.4) is 0 Å². The second-order valence-electron chi connectivity index (χ2n) is 4.84. The lowest BCUT2D eigenvalue weighted by atomic mass is 10.2. The minimum atomic E-state index is -0.280. The highest BCUT2D eigenvalue weighted by Gasteiger charge is 2.08. The van der Waals surface area contributed by atoms with Crippen LogP contribution < -0.4 is 5.32 Å². The van der Waals surface area contributed by atoms with E-state index in [1.807, 2.05) is 19.2 Å². The molecular formula is C14H17BrFN3. The van der Waals surface area contributed by atoms with Crippen LogP contribution in [0, 0.1) is 12.7 Å². The number of benzene rings is 1. The second kappa shape index (κ2) is 5.84. The molecular weight excluding hydrogens is 309 g/mol. The molecule has 1 aromatic carbocycles. The molecule has 0 fully saturated rings. The van der Waals surface area contributed by atoms with Crippen molar-refractivity contribution in [3.8, 4) is 5.69 Å². The van der Waals surface area contributed by atoms with Gasteiger partial charge in [0, 0.05) is 24.8 Å². The van der Waals surface area contributed by atoms with Gasteiger partial charge in [-0.2, -0.15) is 5.10 Å². The smallest absolute Gasteiger partial charge is 0.139 e. The molecule has 0 aliphatic heterocycles. The summed E-state index contributed by atoms with van der Waals surface area (Å²) in [4.78, 5) is 0. The van der Waals surface area contributed by atoms with Crippen LogP contribution in [0.25, 0.3) is 5.69 Å². The summed E-state index contributed by atoms with van der Waals surface area (Å²) in [7, 11) is 0. The third-order valence-corrected chi connectivity index (χ3v) is 3.43. The van der Waals surface area contributed by atoms with Gasteiger partial charge in [-0.25, -0.2) is 9.07 Å². The molecule has 1 aromatic heterocycles. The van der Waals surface area contributed by atoms with Crippen LogP contribution in [-0.4, -0.2) is 15.8 Å². The highest BCUT2D eigenvalue weighted by molar-refractivity contribution is 9.10. The number of aromatic nitrogens is 2. The molecule has 0 amide bonds. The number of rotatable bonds is 4. The van der Waals surface area contributed by atoms with Crippen LogP contribution in [0.2, 0.25) is 0 Å². The van der Waals surface area contributed by atoms with Gasteiger partial charge in [-0.05, 0) is 40.5 Å². The van der Waals surface area contributed by atoms with Crippen LogP contribution >= 0.6 is 15.9 Å². The number of hydrogen-bond acceptors (Lipinski definition) is 2. The first-order chi connectivity index (χ1) is 8.97. The van der Waals surface area contributed by atoms with Gasteiger partial charge in [-0.3, -0.25) is 0 Å². The van der Waals surface area contributed by atoms with E-state index in [9.17, 15) is 4.39 Å². The van der Waals surface area contributed by atoms with Crippen molar-refractivity contribution in [2.45, 2.75) is 33.4 Å². The van der Waals surface area contributed by atoms with Crippen LogP contribution in [0.5, 0.6) is 0 Å². The molecule has 0 radical (unpaired) electrons. The summed E-state index contributed by atoms with van der Waals surface area (Å²) in [6.45, 7) is 6.83. The van der Waals surface area contributed by atoms with Crippen molar-refractivity contribution in [1.82, 2.24) is 15.1 Å². The predicted molar refractivity (Wildman–Crippen MR) is 77.9 cm³/mol. The molecule has 0 saturated carbocycles. The Morgan fingerprint density at radius 3 is 2.84 bits per heavy atom. The van der Waals surface area contributed by atoms with Crippen molar-refractivity contribution < 1.29 is 4.39 Å². The molecule has 2 aromatic rings. The zero-order valence-electron chi connectivity index (χ0n) is 11.2. The molecule has 0 saturated heterocycles. The number of hydrogen-bond donors (Lipinski definition) is 1. The van der Waals surface area contributed by atoms with E-state index < -0.39 is 0 Å². The van der Waals surface area contributed by atoms with Crippen LogP contribution in [0.1, 0.15) is 25.1 Å². The minimum absolute atomic E-state index is 0.280. The number of aryl methyl sites for hydroxylation is 1. The molecule has 3 nitrogen and oxygen atoms in total. The van der Waals surface area contributed by atoms with Crippen molar-refractivity contribution in [3.05, 3.63) is 45.9 Å². The summed E-state index contributed by atoms with van der Waals surface area (Å²) < 4.78 is 15.8. The van der Waals surface area contributed by atoms with E-state index in [-0.39, 0.29) is 5.82 Å². The third kappa shape index (κ3) is 3.42. The standard InChI is InChI=1S/C14H17BrFN3/c1-9(2)17-8-11-4-5-19(18-11)14-7-13(16)12(15)6-10(14)3/h4-7,9,17H,8H2,1-3H3. The molecule has 0 unspecified atom stereocenters. The summed E-state index contributed by atoms with van der Waals surface area (Å²) in [6, 6.07) is 5.61. The van der Waals surface area contributed by atoms with E-state index in [4.69, 9.17) is 0 Å². The fourth-order valence-electron chi connectivity index (χ4n) is 1.78. The van der Waals surface area contributed by atoms with E-state index in [0.29, 0.717) is 17.1 Å².